The van der Waals surface area contributed by atoms with Gasteiger partial charge in [-0.3, -0.25) is 0 Å². The summed E-state index contributed by atoms with van der Waals surface area (Å²) < 4.78 is 0. The Labute approximate surface area is 48.9 Å². The molecule has 0 saturated carbocycles. The number of hydrogen-bond donors (Lipinski definition) is 2. The number of hydrogen-bond acceptors (Lipinski definition) is 1. The second-order valence-corrected chi connectivity index (χ2v) is 1.73. The molecule has 2 heteroatoms. The SMILES string of the molecule is CNCc1ccc[nH]1. The number of aromatic nitrogens is 1. The zero-order chi connectivity index (χ0) is 5.82. The van der Waals surface area contributed by atoms with Crippen molar-refractivity contribution in [3.63, 3.8) is 0 Å². The third-order valence-corrected chi connectivity index (χ3v) is 1.03. The molecular weight excluding hydrogens is 100 g/mol. The summed E-state index contributed by atoms with van der Waals surface area (Å²) in [5, 5.41) is 3.04. The van der Waals surface area contributed by atoms with Crippen LogP contribution in [-0.2, 0) is 6.54 Å². The highest BCUT2D eigenvalue weighted by Gasteiger charge is 1.84. The van der Waals surface area contributed by atoms with Crippen molar-refractivity contribution < 1.29 is 0 Å². The fourth-order valence-corrected chi connectivity index (χ4v) is 0.668. The maximum atomic E-state index is 3.08. The van der Waals surface area contributed by atoms with Crippen LogP contribution in [0.3, 0.4) is 0 Å². The number of rotatable bonds is 2. The molecule has 2 nitrogen and oxygen atoms in total. The van der Waals surface area contributed by atoms with Gasteiger partial charge >= 0.3 is 0 Å². The van der Waals surface area contributed by atoms with Crippen LogP contribution in [-0.4, -0.2) is 12.0 Å². The Morgan fingerprint density at radius 2 is 2.62 bits per heavy atom. The van der Waals surface area contributed by atoms with Crippen molar-refractivity contribution in [3.8, 4) is 0 Å². The molecule has 0 radical (unpaired) electrons. The zero-order valence-corrected chi connectivity index (χ0v) is 4.94. The van der Waals surface area contributed by atoms with E-state index in [4.69, 9.17) is 0 Å². The summed E-state index contributed by atoms with van der Waals surface area (Å²) in [7, 11) is 1.93. The molecule has 1 aromatic rings. The molecule has 8 heavy (non-hydrogen) atoms. The van der Waals surface area contributed by atoms with Gasteiger partial charge in [0.25, 0.3) is 0 Å². The number of nitrogens with one attached hydrogen (secondary N) is 2. The minimum absolute atomic E-state index is 0.924. The number of aromatic amines is 1. The molecule has 44 valence electrons. The van der Waals surface area contributed by atoms with Crippen LogP contribution in [0.4, 0.5) is 0 Å². The Bertz CT molecular complexity index is 132. The minimum Gasteiger partial charge on any atom is -0.364 e. The molecule has 0 aliphatic heterocycles. The fourth-order valence-electron chi connectivity index (χ4n) is 0.668. The summed E-state index contributed by atoms with van der Waals surface area (Å²) >= 11 is 0. The molecule has 0 aliphatic rings. The van der Waals surface area contributed by atoms with Gasteiger partial charge in [-0.25, -0.2) is 0 Å². The summed E-state index contributed by atoms with van der Waals surface area (Å²) in [4.78, 5) is 3.08. The van der Waals surface area contributed by atoms with Gasteiger partial charge in [-0.05, 0) is 19.2 Å². The standard InChI is InChI=1S/C6H10N2/c1-7-5-6-3-2-4-8-6/h2-4,7-8H,5H2,1H3. The lowest BCUT2D eigenvalue weighted by Crippen LogP contribution is -2.04. The molecule has 0 aliphatic carbocycles. The van der Waals surface area contributed by atoms with Crippen LogP contribution < -0.4 is 5.32 Å². The van der Waals surface area contributed by atoms with Gasteiger partial charge in [0.2, 0.25) is 0 Å². The largest absolute Gasteiger partial charge is 0.364 e. The fraction of sp³-hybridized carbons (Fsp3) is 0.333. The average Bonchev–Trinajstić information content (AvgIpc) is 2.19. The molecule has 0 unspecified atom stereocenters. The maximum absolute atomic E-state index is 3.08. The van der Waals surface area contributed by atoms with E-state index in [1.807, 2.05) is 19.3 Å². The van der Waals surface area contributed by atoms with Gasteiger partial charge in [0, 0.05) is 18.4 Å². The highest BCUT2D eigenvalue weighted by Crippen LogP contribution is 1.90. The van der Waals surface area contributed by atoms with Gasteiger partial charge in [0.15, 0.2) is 0 Å². The van der Waals surface area contributed by atoms with Crippen LogP contribution in [0.25, 0.3) is 0 Å². The summed E-state index contributed by atoms with van der Waals surface area (Å²) in [5.74, 6) is 0. The molecule has 0 fully saturated rings. The van der Waals surface area contributed by atoms with Crippen LogP contribution in [0.1, 0.15) is 5.69 Å². The van der Waals surface area contributed by atoms with Gasteiger partial charge in [-0.15, -0.1) is 0 Å². The van der Waals surface area contributed by atoms with E-state index in [-0.39, 0.29) is 0 Å². The summed E-state index contributed by atoms with van der Waals surface area (Å²) in [6, 6.07) is 4.04. The van der Waals surface area contributed by atoms with Gasteiger partial charge in [0.05, 0.1) is 0 Å². The van der Waals surface area contributed by atoms with Crippen molar-refractivity contribution in [2.24, 2.45) is 0 Å². The average molecular weight is 110 g/mol. The van der Waals surface area contributed by atoms with Gasteiger partial charge in [-0.1, -0.05) is 0 Å². The first-order valence-electron chi connectivity index (χ1n) is 2.70. The van der Waals surface area contributed by atoms with E-state index in [9.17, 15) is 0 Å². The summed E-state index contributed by atoms with van der Waals surface area (Å²) in [5.41, 5.74) is 1.23. The Morgan fingerprint density at radius 3 is 3.12 bits per heavy atom. The van der Waals surface area contributed by atoms with Crippen LogP contribution in [0.15, 0.2) is 18.3 Å². The zero-order valence-electron chi connectivity index (χ0n) is 4.94. The first-order valence-corrected chi connectivity index (χ1v) is 2.70. The van der Waals surface area contributed by atoms with Crippen molar-refractivity contribution in [1.29, 1.82) is 0 Å². The van der Waals surface area contributed by atoms with E-state index in [1.165, 1.54) is 5.69 Å². The lowest BCUT2D eigenvalue weighted by molar-refractivity contribution is 0.797. The Kier molecular flexibility index (Phi) is 1.70. The molecule has 1 heterocycles. The van der Waals surface area contributed by atoms with E-state index in [2.05, 4.69) is 16.4 Å². The molecule has 0 spiro atoms. The van der Waals surface area contributed by atoms with Crippen molar-refractivity contribution in [2.45, 2.75) is 6.54 Å². The Hall–Kier alpha value is -0.760. The molecule has 0 atom stereocenters. The van der Waals surface area contributed by atoms with E-state index >= 15 is 0 Å². The topological polar surface area (TPSA) is 27.8 Å². The van der Waals surface area contributed by atoms with Crippen molar-refractivity contribution >= 4 is 0 Å². The van der Waals surface area contributed by atoms with Crippen LogP contribution in [0.5, 0.6) is 0 Å². The van der Waals surface area contributed by atoms with E-state index < -0.39 is 0 Å². The van der Waals surface area contributed by atoms with Crippen LogP contribution in [0, 0.1) is 0 Å². The van der Waals surface area contributed by atoms with Crippen molar-refractivity contribution in [1.82, 2.24) is 10.3 Å². The second kappa shape index (κ2) is 2.52. The third-order valence-electron chi connectivity index (χ3n) is 1.03. The maximum Gasteiger partial charge on any atom is 0.0354 e. The molecule has 1 rings (SSSR count). The van der Waals surface area contributed by atoms with Crippen molar-refractivity contribution in [3.05, 3.63) is 24.0 Å². The van der Waals surface area contributed by atoms with Crippen LogP contribution in [0.2, 0.25) is 0 Å². The third kappa shape index (κ3) is 1.10. The molecule has 0 bridgehead atoms. The lowest BCUT2D eigenvalue weighted by Gasteiger charge is -1.90. The summed E-state index contributed by atoms with van der Waals surface area (Å²) in [6.07, 6.45) is 1.92. The first kappa shape index (κ1) is 5.38. The minimum atomic E-state index is 0.924. The van der Waals surface area contributed by atoms with E-state index in [1.54, 1.807) is 0 Å². The predicted octanol–water partition coefficient (Wildman–Crippen LogP) is 0.734. The molecule has 1 aromatic heterocycles. The Balaban J connectivity index is 2.50. The summed E-state index contributed by atoms with van der Waals surface area (Å²) in [6.45, 7) is 0.924. The Morgan fingerprint density at radius 1 is 1.75 bits per heavy atom. The number of H-pyrrole nitrogens is 1. The van der Waals surface area contributed by atoms with Gasteiger partial charge < -0.3 is 10.3 Å². The first-order chi connectivity index (χ1) is 3.93. The van der Waals surface area contributed by atoms with Gasteiger partial charge in [-0.2, -0.15) is 0 Å². The molecule has 0 saturated heterocycles. The van der Waals surface area contributed by atoms with E-state index in [0.29, 0.717) is 0 Å². The highest BCUT2D eigenvalue weighted by molar-refractivity contribution is 5.02. The quantitative estimate of drug-likeness (QED) is 0.577. The smallest absolute Gasteiger partial charge is 0.0354 e. The van der Waals surface area contributed by atoms with Gasteiger partial charge in [0.1, 0.15) is 0 Å². The van der Waals surface area contributed by atoms with E-state index in [0.717, 1.165) is 6.54 Å². The lowest BCUT2D eigenvalue weighted by atomic mass is 10.4. The molecule has 2 N–H and O–H groups in total. The second-order valence-electron chi connectivity index (χ2n) is 1.73. The molecule has 0 aromatic carbocycles. The monoisotopic (exact) mass is 110 g/mol. The predicted molar refractivity (Wildman–Crippen MR) is 33.6 cm³/mol. The normalized spacial score (nSPS) is 9.62. The van der Waals surface area contributed by atoms with Crippen LogP contribution >= 0.6 is 0 Å². The van der Waals surface area contributed by atoms with Crippen molar-refractivity contribution in [2.75, 3.05) is 7.05 Å². The molecule has 0 amide bonds. The molecular formula is C6H10N2. The highest BCUT2D eigenvalue weighted by atomic mass is 14.8.